The van der Waals surface area contributed by atoms with Crippen molar-refractivity contribution in [2.45, 2.75) is 76.1 Å². The molecule has 0 aromatic rings. The number of likely N-dealkylation sites (tertiary alicyclic amines) is 2. The Labute approximate surface area is 169 Å². The Morgan fingerprint density at radius 2 is 1.96 bits per heavy atom. The number of carbonyl (C=O) groups is 1. The second kappa shape index (κ2) is 8.93. The number of rotatable bonds is 4. The fourth-order valence-electron chi connectivity index (χ4n) is 5.86. The number of nitrogens with zero attached hydrogens (tertiary/aromatic N) is 2. The predicted molar refractivity (Wildman–Crippen MR) is 106 cm³/mol. The molecule has 6 unspecified atom stereocenters. The molecule has 4 saturated heterocycles. The third-order valence-corrected chi connectivity index (χ3v) is 7.63. The van der Waals surface area contributed by atoms with E-state index in [4.69, 9.17) is 4.84 Å². The van der Waals surface area contributed by atoms with Gasteiger partial charge in [0.1, 0.15) is 12.2 Å². The summed E-state index contributed by atoms with van der Waals surface area (Å²) in [5.41, 5.74) is 3.33. The van der Waals surface area contributed by atoms with Gasteiger partial charge >= 0.3 is 0 Å². The summed E-state index contributed by atoms with van der Waals surface area (Å²) in [6.45, 7) is 5.91. The summed E-state index contributed by atoms with van der Waals surface area (Å²) in [6, 6.07) is 1.19. The molecule has 0 radical (unpaired) electrons. The van der Waals surface area contributed by atoms with Crippen LogP contribution in [0.25, 0.3) is 0 Å². The lowest BCUT2D eigenvalue weighted by atomic mass is 9.94. The van der Waals surface area contributed by atoms with Crippen LogP contribution in [0.15, 0.2) is 0 Å². The summed E-state index contributed by atoms with van der Waals surface area (Å²) in [5.74, 6) is 0.838. The van der Waals surface area contributed by atoms with Crippen molar-refractivity contribution >= 4 is 5.91 Å². The average molecular weight is 397 g/mol. The molecule has 0 aromatic carbocycles. The quantitative estimate of drug-likeness (QED) is 0.429. The molecule has 6 atom stereocenters. The highest BCUT2D eigenvalue weighted by molar-refractivity contribution is 5.73. The fraction of sp³-hybridized carbons (Fsp3) is 0.950. The maximum Gasteiger partial charge on any atom is 0.219 e. The largest absolute Gasteiger partial charge is 0.342 e. The number of hydrogen-bond donors (Lipinski definition) is 4. The molecule has 4 aliphatic rings. The summed E-state index contributed by atoms with van der Waals surface area (Å²) >= 11 is 0. The van der Waals surface area contributed by atoms with E-state index in [0.717, 1.165) is 32.5 Å². The van der Waals surface area contributed by atoms with Crippen LogP contribution in [0.3, 0.4) is 0 Å². The smallest absolute Gasteiger partial charge is 0.219 e. The Kier molecular flexibility index (Phi) is 6.54. The number of quaternary nitrogens is 2. The molecule has 0 aliphatic carbocycles. The number of amides is 1. The minimum atomic E-state index is 0.111. The van der Waals surface area contributed by atoms with Crippen molar-refractivity contribution in [2.24, 2.45) is 5.92 Å². The van der Waals surface area contributed by atoms with E-state index in [2.05, 4.69) is 35.1 Å². The zero-order valence-electron chi connectivity index (χ0n) is 17.8. The molecule has 8 nitrogen and oxygen atoms in total. The first-order valence-electron chi connectivity index (χ1n) is 11.3. The van der Waals surface area contributed by atoms with Gasteiger partial charge in [-0.05, 0) is 20.5 Å². The van der Waals surface area contributed by atoms with E-state index in [0.29, 0.717) is 24.2 Å². The van der Waals surface area contributed by atoms with E-state index < -0.39 is 0 Å². The van der Waals surface area contributed by atoms with E-state index in [-0.39, 0.29) is 18.3 Å². The summed E-state index contributed by atoms with van der Waals surface area (Å²) in [5, 5.41) is 6.26. The van der Waals surface area contributed by atoms with Crippen LogP contribution in [0, 0.1) is 5.92 Å². The predicted octanol–water partition coefficient (Wildman–Crippen LogP) is -2.32. The lowest BCUT2D eigenvalue weighted by molar-refractivity contribution is -0.942. The van der Waals surface area contributed by atoms with E-state index in [1.807, 2.05) is 4.90 Å². The highest BCUT2D eigenvalue weighted by atomic mass is 16.7. The number of hydrogen-bond acceptors (Lipinski definition) is 5. The van der Waals surface area contributed by atoms with E-state index in [1.165, 1.54) is 32.2 Å². The van der Waals surface area contributed by atoms with Crippen molar-refractivity contribution in [3.8, 4) is 0 Å². The first kappa shape index (κ1) is 20.5. The van der Waals surface area contributed by atoms with Gasteiger partial charge in [0.25, 0.3) is 0 Å². The maximum atomic E-state index is 11.6. The Morgan fingerprint density at radius 1 is 1.18 bits per heavy atom. The Hall–Kier alpha value is -0.770. The molecule has 1 amide bonds. The first-order valence-corrected chi connectivity index (χ1v) is 11.3. The molecule has 0 bridgehead atoms. The molecule has 4 rings (SSSR count). The average Bonchev–Trinajstić information content (AvgIpc) is 3.37. The van der Waals surface area contributed by atoms with Gasteiger partial charge < -0.3 is 15.1 Å². The minimum absolute atomic E-state index is 0.111. The topological polar surface area (TPSA) is 77.9 Å². The van der Waals surface area contributed by atoms with Gasteiger partial charge in [-0.15, -0.1) is 0 Å². The highest BCUT2D eigenvalue weighted by Crippen LogP contribution is 2.20. The van der Waals surface area contributed by atoms with Gasteiger partial charge in [-0.2, -0.15) is 5.48 Å². The molecular formula is C20H40N6O2+2. The van der Waals surface area contributed by atoms with E-state index in [9.17, 15) is 4.79 Å². The van der Waals surface area contributed by atoms with Crippen molar-refractivity contribution in [1.82, 2.24) is 20.6 Å². The third-order valence-electron chi connectivity index (χ3n) is 7.63. The first-order chi connectivity index (χ1) is 13.5. The van der Waals surface area contributed by atoms with Crippen LogP contribution >= 0.6 is 0 Å². The number of hydroxylamine groups is 1. The SMILES string of the molecule is CC(=O)N1CCC([NH+]2CCCC2C2NC(C3CCC(N(C)C)[NH2+]C3)NO2)CC1. The summed E-state index contributed by atoms with van der Waals surface area (Å²) < 4.78 is 0. The standard InChI is InChI=1S/C20H38N6O2/c1-14(27)25-11-8-16(9-12-25)26-10-4-5-17(26)20-22-19(23-28-20)15-6-7-18(21-13-15)24(2)3/h15-23H,4-13H2,1-3H3/p+2. The molecule has 8 heteroatoms. The molecule has 5 N–H and O–H groups in total. The molecule has 0 spiro atoms. The van der Waals surface area contributed by atoms with E-state index >= 15 is 0 Å². The van der Waals surface area contributed by atoms with Crippen LogP contribution in [0.2, 0.25) is 0 Å². The summed E-state index contributed by atoms with van der Waals surface area (Å²) in [7, 11) is 4.34. The molecule has 0 aromatic heterocycles. The Balaban J connectivity index is 1.28. The van der Waals surface area contributed by atoms with Gasteiger partial charge in [0, 0.05) is 58.0 Å². The van der Waals surface area contributed by atoms with Gasteiger partial charge in [0.15, 0.2) is 6.23 Å². The number of nitrogens with two attached hydrogens (primary N) is 1. The minimum Gasteiger partial charge on any atom is -0.342 e. The van der Waals surface area contributed by atoms with Gasteiger partial charge in [0.05, 0.1) is 25.3 Å². The fourth-order valence-corrected chi connectivity index (χ4v) is 5.86. The van der Waals surface area contributed by atoms with Gasteiger partial charge in [0.2, 0.25) is 5.91 Å². The van der Waals surface area contributed by atoms with Crippen LogP contribution < -0.4 is 21.0 Å². The van der Waals surface area contributed by atoms with Crippen molar-refractivity contribution < 1.29 is 19.8 Å². The van der Waals surface area contributed by atoms with Gasteiger partial charge in [-0.1, -0.05) is 0 Å². The van der Waals surface area contributed by atoms with Crippen molar-refractivity contribution in [3.05, 3.63) is 0 Å². The highest BCUT2D eigenvalue weighted by Gasteiger charge is 2.46. The van der Waals surface area contributed by atoms with Crippen LogP contribution in [-0.2, 0) is 9.63 Å². The molecule has 4 heterocycles. The maximum absolute atomic E-state index is 11.6. The van der Waals surface area contributed by atoms with Crippen LogP contribution in [0.4, 0.5) is 0 Å². The zero-order chi connectivity index (χ0) is 19.7. The lowest BCUT2D eigenvalue weighted by Gasteiger charge is -2.37. The monoisotopic (exact) mass is 396 g/mol. The number of piperidine rings is 2. The van der Waals surface area contributed by atoms with Crippen LogP contribution in [0.1, 0.15) is 45.4 Å². The van der Waals surface area contributed by atoms with Crippen molar-refractivity contribution in [3.63, 3.8) is 0 Å². The molecule has 0 saturated carbocycles. The molecule has 4 aliphatic heterocycles. The number of carbonyl (C=O) groups excluding carboxylic acids is 1. The molecule has 160 valence electrons. The van der Waals surface area contributed by atoms with Crippen molar-refractivity contribution in [2.75, 3.05) is 40.3 Å². The van der Waals surface area contributed by atoms with Crippen LogP contribution in [0.5, 0.6) is 0 Å². The second-order valence-electron chi connectivity index (χ2n) is 9.49. The summed E-state index contributed by atoms with van der Waals surface area (Å²) in [4.78, 5) is 23.7. The lowest BCUT2D eigenvalue weighted by Crippen LogP contribution is -3.19. The van der Waals surface area contributed by atoms with Crippen molar-refractivity contribution in [1.29, 1.82) is 0 Å². The molecular weight excluding hydrogens is 356 g/mol. The van der Waals surface area contributed by atoms with Gasteiger partial charge in [-0.3, -0.25) is 19.8 Å². The molecule has 4 fully saturated rings. The van der Waals surface area contributed by atoms with E-state index in [1.54, 1.807) is 11.8 Å². The normalized spacial score (nSPS) is 40.4. The third kappa shape index (κ3) is 4.37. The zero-order valence-corrected chi connectivity index (χ0v) is 17.8. The Morgan fingerprint density at radius 3 is 2.61 bits per heavy atom. The van der Waals surface area contributed by atoms with Gasteiger partial charge in [-0.25, -0.2) is 0 Å². The summed E-state index contributed by atoms with van der Waals surface area (Å²) in [6.07, 6.45) is 8.23. The second-order valence-corrected chi connectivity index (χ2v) is 9.49. The number of nitrogens with one attached hydrogen (secondary N) is 3. The van der Waals surface area contributed by atoms with Crippen LogP contribution in [-0.4, -0.2) is 86.6 Å². The Bertz CT molecular complexity index is 531. The molecule has 28 heavy (non-hydrogen) atoms.